The van der Waals surface area contributed by atoms with E-state index in [2.05, 4.69) is 10.3 Å². The summed E-state index contributed by atoms with van der Waals surface area (Å²) in [6.07, 6.45) is 7.61. The van der Waals surface area contributed by atoms with Gasteiger partial charge >= 0.3 is 0 Å². The van der Waals surface area contributed by atoms with E-state index in [1.807, 2.05) is 28.9 Å². The first-order chi connectivity index (χ1) is 8.77. The van der Waals surface area contributed by atoms with Gasteiger partial charge in [-0.1, -0.05) is 0 Å². The van der Waals surface area contributed by atoms with Crippen molar-refractivity contribution in [2.45, 2.75) is 25.7 Å². The number of likely N-dealkylation sites (tertiary alicyclic amines) is 1. The third kappa shape index (κ3) is 3.57. The molecule has 1 fully saturated rings. The lowest BCUT2D eigenvalue weighted by molar-refractivity contribution is -0.130. The first kappa shape index (κ1) is 13.1. The highest BCUT2D eigenvalue weighted by Gasteiger charge is 2.16. The molecule has 0 atom stereocenters. The number of nitrogens with one attached hydrogen (secondary N) is 1. The maximum atomic E-state index is 11.8. The summed E-state index contributed by atoms with van der Waals surface area (Å²) >= 11 is 0. The van der Waals surface area contributed by atoms with E-state index < -0.39 is 0 Å². The molecule has 0 aromatic carbocycles. The molecule has 1 saturated heterocycles. The van der Waals surface area contributed by atoms with Crippen LogP contribution in [-0.4, -0.2) is 46.5 Å². The van der Waals surface area contributed by atoms with Gasteiger partial charge in [0.05, 0.1) is 0 Å². The number of nitrogens with zero attached hydrogens (tertiary/aromatic N) is 3. The molecule has 0 bridgehead atoms. The predicted octanol–water partition coefficient (Wildman–Crippen LogP) is 0.565. The maximum absolute atomic E-state index is 11.8. The SMILES string of the molecule is Cn1ccnc1CCNCCC(=O)N1CCCC1. The Balaban J connectivity index is 1.56. The molecule has 0 aliphatic carbocycles. The van der Waals surface area contributed by atoms with E-state index in [0.717, 1.165) is 38.4 Å². The predicted molar refractivity (Wildman–Crippen MR) is 70.2 cm³/mol. The number of rotatable bonds is 6. The molecule has 0 spiro atoms. The number of imidazole rings is 1. The Hall–Kier alpha value is -1.36. The van der Waals surface area contributed by atoms with Crippen LogP contribution >= 0.6 is 0 Å². The van der Waals surface area contributed by atoms with Crippen LogP contribution in [0.15, 0.2) is 12.4 Å². The van der Waals surface area contributed by atoms with E-state index in [0.29, 0.717) is 6.42 Å². The zero-order valence-corrected chi connectivity index (χ0v) is 11.1. The van der Waals surface area contributed by atoms with Crippen LogP contribution in [0.2, 0.25) is 0 Å². The average Bonchev–Trinajstić information content (AvgIpc) is 3.00. The number of carbonyl (C=O) groups is 1. The standard InChI is InChI=1S/C13H22N4O/c1-16-11-8-15-12(16)4-6-14-7-5-13(18)17-9-2-3-10-17/h8,11,14H,2-7,9-10H2,1H3. The van der Waals surface area contributed by atoms with Crippen LogP contribution in [0.4, 0.5) is 0 Å². The summed E-state index contributed by atoms with van der Waals surface area (Å²) in [4.78, 5) is 18.0. The van der Waals surface area contributed by atoms with Crippen LogP contribution in [0.25, 0.3) is 0 Å². The fourth-order valence-corrected chi connectivity index (χ4v) is 2.28. The third-order valence-electron chi connectivity index (χ3n) is 3.42. The van der Waals surface area contributed by atoms with Gasteiger partial charge in [-0.3, -0.25) is 4.79 Å². The molecule has 1 amide bonds. The fraction of sp³-hybridized carbons (Fsp3) is 0.692. The van der Waals surface area contributed by atoms with Crippen LogP contribution in [0.3, 0.4) is 0 Å². The summed E-state index contributed by atoms with van der Waals surface area (Å²) in [5.41, 5.74) is 0. The second kappa shape index (κ2) is 6.54. The van der Waals surface area contributed by atoms with Crippen molar-refractivity contribution >= 4 is 5.91 Å². The number of hydrogen-bond acceptors (Lipinski definition) is 3. The minimum absolute atomic E-state index is 0.289. The van der Waals surface area contributed by atoms with Crippen molar-refractivity contribution in [1.29, 1.82) is 0 Å². The monoisotopic (exact) mass is 250 g/mol. The zero-order chi connectivity index (χ0) is 12.8. The van der Waals surface area contributed by atoms with Crippen LogP contribution in [0.1, 0.15) is 25.1 Å². The molecule has 18 heavy (non-hydrogen) atoms. The topological polar surface area (TPSA) is 50.2 Å². The van der Waals surface area contributed by atoms with Crippen molar-refractivity contribution in [1.82, 2.24) is 19.8 Å². The van der Waals surface area contributed by atoms with Gasteiger partial charge in [0.1, 0.15) is 5.82 Å². The Labute approximate surface area is 108 Å². The number of aryl methyl sites for hydroxylation is 1. The van der Waals surface area contributed by atoms with Gasteiger partial charge in [-0.15, -0.1) is 0 Å². The number of aromatic nitrogens is 2. The maximum Gasteiger partial charge on any atom is 0.223 e. The molecule has 5 nitrogen and oxygen atoms in total. The Morgan fingerprint density at radius 2 is 2.17 bits per heavy atom. The van der Waals surface area contributed by atoms with Gasteiger partial charge < -0.3 is 14.8 Å². The van der Waals surface area contributed by atoms with Crippen molar-refractivity contribution in [3.05, 3.63) is 18.2 Å². The lowest BCUT2D eigenvalue weighted by Crippen LogP contribution is -2.31. The van der Waals surface area contributed by atoms with Crippen LogP contribution in [0.5, 0.6) is 0 Å². The Bertz CT molecular complexity index is 382. The highest BCUT2D eigenvalue weighted by Crippen LogP contribution is 2.08. The molecule has 0 saturated carbocycles. The number of amides is 1. The third-order valence-corrected chi connectivity index (χ3v) is 3.42. The van der Waals surface area contributed by atoms with Gasteiger partial charge in [-0.2, -0.15) is 0 Å². The molecule has 1 aromatic heterocycles. The van der Waals surface area contributed by atoms with Gasteiger partial charge in [0.2, 0.25) is 5.91 Å². The highest BCUT2D eigenvalue weighted by atomic mass is 16.2. The second-order valence-corrected chi connectivity index (χ2v) is 4.79. The quantitative estimate of drug-likeness (QED) is 0.751. The molecule has 0 radical (unpaired) electrons. The molecule has 1 aliphatic heterocycles. The largest absolute Gasteiger partial charge is 0.343 e. The molecule has 2 heterocycles. The summed E-state index contributed by atoms with van der Waals surface area (Å²) in [6, 6.07) is 0. The number of carbonyl (C=O) groups excluding carboxylic acids is 1. The molecule has 5 heteroatoms. The Morgan fingerprint density at radius 3 is 2.83 bits per heavy atom. The van der Waals surface area contributed by atoms with Gasteiger partial charge in [0, 0.05) is 58.5 Å². The van der Waals surface area contributed by atoms with Crippen LogP contribution < -0.4 is 5.32 Å². The molecule has 1 aliphatic rings. The molecular weight excluding hydrogens is 228 g/mol. The van der Waals surface area contributed by atoms with Gasteiger partial charge in [0.25, 0.3) is 0 Å². The van der Waals surface area contributed by atoms with Crippen molar-refractivity contribution in [2.75, 3.05) is 26.2 Å². The summed E-state index contributed by atoms with van der Waals surface area (Å²) in [7, 11) is 2.00. The lowest BCUT2D eigenvalue weighted by Gasteiger charge is -2.15. The van der Waals surface area contributed by atoms with E-state index in [-0.39, 0.29) is 5.91 Å². The van der Waals surface area contributed by atoms with Crippen LogP contribution in [-0.2, 0) is 18.3 Å². The van der Waals surface area contributed by atoms with Crippen molar-refractivity contribution in [3.8, 4) is 0 Å². The molecule has 100 valence electrons. The normalized spacial score (nSPS) is 15.3. The fourth-order valence-electron chi connectivity index (χ4n) is 2.28. The van der Waals surface area contributed by atoms with Crippen molar-refractivity contribution < 1.29 is 4.79 Å². The minimum atomic E-state index is 0.289. The smallest absolute Gasteiger partial charge is 0.223 e. The summed E-state index contributed by atoms with van der Waals surface area (Å²) in [6.45, 7) is 3.54. The second-order valence-electron chi connectivity index (χ2n) is 4.79. The minimum Gasteiger partial charge on any atom is -0.343 e. The Morgan fingerprint density at radius 1 is 1.39 bits per heavy atom. The van der Waals surface area contributed by atoms with Crippen LogP contribution in [0, 0.1) is 0 Å². The first-order valence-corrected chi connectivity index (χ1v) is 6.72. The Kier molecular flexibility index (Phi) is 4.75. The van der Waals surface area contributed by atoms with Gasteiger partial charge in [0.15, 0.2) is 0 Å². The van der Waals surface area contributed by atoms with Gasteiger partial charge in [-0.25, -0.2) is 4.98 Å². The van der Waals surface area contributed by atoms with Gasteiger partial charge in [-0.05, 0) is 12.8 Å². The summed E-state index contributed by atoms with van der Waals surface area (Å²) in [5.74, 6) is 1.37. The molecular formula is C13H22N4O. The van der Waals surface area contributed by atoms with Crippen molar-refractivity contribution in [2.24, 2.45) is 7.05 Å². The summed E-state index contributed by atoms with van der Waals surface area (Å²) < 4.78 is 2.02. The van der Waals surface area contributed by atoms with E-state index in [1.54, 1.807) is 0 Å². The van der Waals surface area contributed by atoms with E-state index in [1.165, 1.54) is 12.8 Å². The number of hydrogen-bond donors (Lipinski definition) is 1. The molecule has 1 aromatic rings. The van der Waals surface area contributed by atoms with E-state index >= 15 is 0 Å². The summed E-state index contributed by atoms with van der Waals surface area (Å²) in [5, 5.41) is 3.30. The first-order valence-electron chi connectivity index (χ1n) is 6.72. The molecule has 0 unspecified atom stereocenters. The van der Waals surface area contributed by atoms with Crippen molar-refractivity contribution in [3.63, 3.8) is 0 Å². The van der Waals surface area contributed by atoms with E-state index in [9.17, 15) is 4.79 Å². The van der Waals surface area contributed by atoms with E-state index in [4.69, 9.17) is 0 Å². The zero-order valence-electron chi connectivity index (χ0n) is 11.1. The lowest BCUT2D eigenvalue weighted by atomic mass is 10.3. The highest BCUT2D eigenvalue weighted by molar-refractivity contribution is 5.76. The molecule has 2 rings (SSSR count). The average molecular weight is 250 g/mol. The molecule has 1 N–H and O–H groups in total.